The summed E-state index contributed by atoms with van der Waals surface area (Å²) in [5.41, 5.74) is 0.710. The van der Waals surface area contributed by atoms with E-state index >= 15 is 0 Å². The minimum atomic E-state index is -0.162. The molecule has 1 aromatic carbocycles. The van der Waals surface area contributed by atoms with Crippen molar-refractivity contribution in [2.24, 2.45) is 0 Å². The molecule has 0 amide bonds. The van der Waals surface area contributed by atoms with Gasteiger partial charge in [-0.15, -0.1) is 0 Å². The van der Waals surface area contributed by atoms with Gasteiger partial charge in [-0.2, -0.15) is 0 Å². The number of halogens is 2. The van der Waals surface area contributed by atoms with Gasteiger partial charge in [0.1, 0.15) is 5.82 Å². The van der Waals surface area contributed by atoms with Gasteiger partial charge in [0, 0.05) is 17.1 Å². The fourth-order valence-corrected chi connectivity index (χ4v) is 2.50. The maximum Gasteiger partial charge on any atom is 0.126 e. The van der Waals surface area contributed by atoms with Gasteiger partial charge in [0.2, 0.25) is 0 Å². The first-order valence-corrected chi connectivity index (χ1v) is 7.14. The normalized spacial score (nSPS) is 14.5. The number of hydrogen-bond donors (Lipinski definition) is 1. The summed E-state index contributed by atoms with van der Waals surface area (Å²) in [6.07, 6.45) is 1.65. The number of likely N-dealkylation sites (N-methyl/N-ethyl adjacent to an activating group) is 1. The number of hydrogen-bond acceptors (Lipinski definition) is 2. The highest BCUT2D eigenvalue weighted by molar-refractivity contribution is 9.10. The van der Waals surface area contributed by atoms with Crippen LogP contribution in [0.4, 0.5) is 4.39 Å². The second-order valence-corrected chi connectivity index (χ2v) is 5.15. The second-order valence-electron chi connectivity index (χ2n) is 4.24. The van der Waals surface area contributed by atoms with Gasteiger partial charge in [0.05, 0.1) is 6.10 Å². The van der Waals surface area contributed by atoms with Crippen LogP contribution in [-0.2, 0) is 11.2 Å². The lowest BCUT2D eigenvalue weighted by Gasteiger charge is -2.26. The smallest absolute Gasteiger partial charge is 0.126 e. The van der Waals surface area contributed by atoms with Crippen molar-refractivity contribution < 1.29 is 9.13 Å². The minimum Gasteiger partial charge on any atom is -0.377 e. The third-order valence-electron chi connectivity index (χ3n) is 3.05. The van der Waals surface area contributed by atoms with E-state index in [1.54, 1.807) is 6.07 Å². The topological polar surface area (TPSA) is 21.3 Å². The van der Waals surface area contributed by atoms with Crippen LogP contribution in [0, 0.1) is 5.82 Å². The maximum absolute atomic E-state index is 13.7. The molecule has 0 saturated carbocycles. The van der Waals surface area contributed by atoms with E-state index in [9.17, 15) is 4.39 Å². The van der Waals surface area contributed by atoms with E-state index in [-0.39, 0.29) is 18.0 Å². The van der Waals surface area contributed by atoms with E-state index in [1.165, 1.54) is 6.07 Å². The summed E-state index contributed by atoms with van der Waals surface area (Å²) in [5.74, 6) is -0.162. The summed E-state index contributed by atoms with van der Waals surface area (Å²) in [5, 5.41) is 3.23. The molecule has 1 aromatic rings. The Kier molecular flexibility index (Phi) is 6.82. The molecular formula is C14H21BrFNO. The van der Waals surface area contributed by atoms with Crippen LogP contribution in [0.15, 0.2) is 22.7 Å². The van der Waals surface area contributed by atoms with Gasteiger partial charge in [-0.25, -0.2) is 4.39 Å². The first-order chi connectivity index (χ1) is 8.62. The van der Waals surface area contributed by atoms with E-state index in [0.29, 0.717) is 18.6 Å². The SMILES string of the molecule is CCOC(CC)C(Cc1cc(Br)ccc1F)NC. The number of ether oxygens (including phenoxy) is 1. The summed E-state index contributed by atoms with van der Waals surface area (Å²) in [4.78, 5) is 0. The molecule has 0 aliphatic heterocycles. The lowest BCUT2D eigenvalue weighted by molar-refractivity contribution is 0.0337. The molecule has 0 radical (unpaired) electrons. The molecule has 102 valence electrons. The van der Waals surface area contributed by atoms with Crippen molar-refractivity contribution in [3.8, 4) is 0 Å². The summed E-state index contributed by atoms with van der Waals surface area (Å²) < 4.78 is 20.3. The molecule has 1 N–H and O–H groups in total. The van der Waals surface area contributed by atoms with Crippen LogP contribution in [-0.4, -0.2) is 25.8 Å². The Balaban J connectivity index is 2.81. The molecule has 0 heterocycles. The van der Waals surface area contributed by atoms with Crippen LogP contribution in [0.1, 0.15) is 25.8 Å². The molecule has 0 bridgehead atoms. The highest BCUT2D eigenvalue weighted by atomic mass is 79.9. The standard InChI is InChI=1S/C14H21BrFNO/c1-4-14(18-5-2)13(17-3)9-10-8-11(15)6-7-12(10)16/h6-8,13-14,17H,4-5,9H2,1-3H3. The zero-order valence-corrected chi connectivity index (χ0v) is 12.8. The van der Waals surface area contributed by atoms with E-state index in [1.807, 2.05) is 20.0 Å². The summed E-state index contributed by atoms with van der Waals surface area (Å²) in [6.45, 7) is 4.74. The quantitative estimate of drug-likeness (QED) is 0.830. The summed E-state index contributed by atoms with van der Waals surface area (Å²) in [6, 6.07) is 5.16. The Hall–Kier alpha value is -0.450. The first-order valence-electron chi connectivity index (χ1n) is 6.35. The van der Waals surface area contributed by atoms with E-state index in [0.717, 1.165) is 10.9 Å². The van der Waals surface area contributed by atoms with Crippen molar-refractivity contribution in [1.29, 1.82) is 0 Å². The molecule has 0 saturated heterocycles. The lowest BCUT2D eigenvalue weighted by Crippen LogP contribution is -2.41. The van der Waals surface area contributed by atoms with Crippen molar-refractivity contribution in [3.63, 3.8) is 0 Å². The highest BCUT2D eigenvalue weighted by Crippen LogP contribution is 2.19. The third kappa shape index (κ3) is 4.34. The number of benzene rings is 1. The predicted octanol–water partition coefficient (Wildman–Crippen LogP) is 3.53. The summed E-state index contributed by atoms with van der Waals surface area (Å²) in [7, 11) is 1.89. The number of rotatable bonds is 7. The van der Waals surface area contributed by atoms with Crippen LogP contribution >= 0.6 is 15.9 Å². The van der Waals surface area contributed by atoms with E-state index < -0.39 is 0 Å². The van der Waals surface area contributed by atoms with Gasteiger partial charge in [-0.05, 0) is 50.6 Å². The van der Waals surface area contributed by atoms with E-state index in [4.69, 9.17) is 4.74 Å². The Morgan fingerprint density at radius 1 is 1.39 bits per heavy atom. The van der Waals surface area contributed by atoms with Crippen LogP contribution in [0.25, 0.3) is 0 Å². The Morgan fingerprint density at radius 3 is 2.67 bits per heavy atom. The summed E-state index contributed by atoms with van der Waals surface area (Å²) >= 11 is 3.37. The lowest BCUT2D eigenvalue weighted by atomic mass is 9.99. The van der Waals surface area contributed by atoms with Gasteiger partial charge in [0.25, 0.3) is 0 Å². The molecule has 0 spiro atoms. The van der Waals surface area contributed by atoms with Crippen LogP contribution in [0.3, 0.4) is 0 Å². The molecule has 2 unspecified atom stereocenters. The minimum absolute atomic E-state index is 0.110. The Labute approximate surface area is 117 Å². The van der Waals surface area contributed by atoms with E-state index in [2.05, 4.69) is 28.2 Å². The van der Waals surface area contributed by atoms with Gasteiger partial charge >= 0.3 is 0 Å². The molecule has 4 heteroatoms. The zero-order valence-electron chi connectivity index (χ0n) is 11.2. The Morgan fingerprint density at radius 2 is 2.11 bits per heavy atom. The highest BCUT2D eigenvalue weighted by Gasteiger charge is 2.20. The fraction of sp³-hybridized carbons (Fsp3) is 0.571. The second kappa shape index (κ2) is 7.87. The molecule has 2 atom stereocenters. The molecule has 1 rings (SSSR count). The fourth-order valence-electron chi connectivity index (χ4n) is 2.09. The van der Waals surface area contributed by atoms with Crippen LogP contribution in [0.5, 0.6) is 0 Å². The van der Waals surface area contributed by atoms with Crippen LogP contribution in [0.2, 0.25) is 0 Å². The van der Waals surface area contributed by atoms with Crippen molar-refractivity contribution in [2.75, 3.05) is 13.7 Å². The average Bonchev–Trinajstić information content (AvgIpc) is 2.37. The van der Waals surface area contributed by atoms with Gasteiger partial charge in [-0.1, -0.05) is 22.9 Å². The van der Waals surface area contributed by atoms with Crippen molar-refractivity contribution >= 4 is 15.9 Å². The third-order valence-corrected chi connectivity index (χ3v) is 3.54. The zero-order chi connectivity index (χ0) is 13.5. The van der Waals surface area contributed by atoms with Crippen molar-refractivity contribution in [2.45, 2.75) is 38.8 Å². The molecule has 2 nitrogen and oxygen atoms in total. The van der Waals surface area contributed by atoms with Crippen molar-refractivity contribution in [1.82, 2.24) is 5.32 Å². The molecule has 0 aromatic heterocycles. The monoisotopic (exact) mass is 317 g/mol. The molecule has 0 aliphatic rings. The largest absolute Gasteiger partial charge is 0.377 e. The maximum atomic E-state index is 13.7. The average molecular weight is 318 g/mol. The van der Waals surface area contributed by atoms with Gasteiger partial charge < -0.3 is 10.1 Å². The number of nitrogens with one attached hydrogen (secondary N) is 1. The molecule has 0 aliphatic carbocycles. The van der Waals surface area contributed by atoms with Gasteiger partial charge in [-0.3, -0.25) is 0 Å². The molecule has 18 heavy (non-hydrogen) atoms. The van der Waals surface area contributed by atoms with Gasteiger partial charge in [0.15, 0.2) is 0 Å². The van der Waals surface area contributed by atoms with Crippen LogP contribution < -0.4 is 5.32 Å². The molecular weight excluding hydrogens is 297 g/mol. The van der Waals surface area contributed by atoms with Crippen molar-refractivity contribution in [3.05, 3.63) is 34.1 Å². The Bertz CT molecular complexity index is 373. The molecule has 0 fully saturated rings. The predicted molar refractivity (Wildman–Crippen MR) is 76.4 cm³/mol. The first kappa shape index (κ1) is 15.6.